The Hall–Kier alpha value is -4.05. The number of methoxy groups -OCH3 is 1. The average Bonchev–Trinajstić information content (AvgIpc) is 3.30. The van der Waals surface area contributed by atoms with Crippen molar-refractivity contribution >= 4 is 11.6 Å². The van der Waals surface area contributed by atoms with Crippen LogP contribution in [0.1, 0.15) is 38.7 Å². The van der Waals surface area contributed by atoms with Gasteiger partial charge in [0.2, 0.25) is 5.88 Å². The molecule has 2 saturated heterocycles. The quantitative estimate of drug-likeness (QED) is 0.329. The fourth-order valence-corrected chi connectivity index (χ4v) is 7.18. The Labute approximate surface area is 259 Å². The second-order valence-corrected chi connectivity index (χ2v) is 12.9. The Balaban J connectivity index is 1.13. The van der Waals surface area contributed by atoms with E-state index in [0.29, 0.717) is 17.1 Å². The summed E-state index contributed by atoms with van der Waals surface area (Å²) in [6.45, 7) is 11.3. The van der Waals surface area contributed by atoms with Gasteiger partial charge in [0.05, 0.1) is 18.5 Å². The Kier molecular flexibility index (Phi) is 7.27. The smallest absolute Gasteiger partial charge is 0.291 e. The van der Waals surface area contributed by atoms with Crippen LogP contribution in [0.15, 0.2) is 48.5 Å². The number of nitrogens with zero attached hydrogens (tertiary/aromatic N) is 5. The first-order chi connectivity index (χ1) is 21.2. The highest BCUT2D eigenvalue weighted by atomic mass is 16.5. The van der Waals surface area contributed by atoms with Crippen molar-refractivity contribution in [1.29, 1.82) is 0 Å². The lowest BCUT2D eigenvalue weighted by molar-refractivity contribution is -0.0448. The van der Waals surface area contributed by atoms with Crippen molar-refractivity contribution in [1.82, 2.24) is 29.7 Å². The number of likely N-dealkylation sites (N-methyl/N-ethyl adjacent to an activating group) is 1. The van der Waals surface area contributed by atoms with Gasteiger partial charge < -0.3 is 24.8 Å². The van der Waals surface area contributed by atoms with E-state index in [2.05, 4.69) is 77.7 Å². The number of likely N-dealkylation sites (tertiary alicyclic amines) is 1. The molecular formula is C35H41N7O2. The summed E-state index contributed by atoms with van der Waals surface area (Å²) in [4.78, 5) is 27.8. The number of carbonyl (C=O) groups is 1. The molecule has 2 fully saturated rings. The first-order valence-corrected chi connectivity index (χ1v) is 15.5. The minimum absolute atomic E-state index is 0.190. The number of fused-ring (bicyclic) bond motifs is 1. The number of hydrogen-bond acceptors (Lipinski definition) is 7. The van der Waals surface area contributed by atoms with Gasteiger partial charge in [-0.15, -0.1) is 0 Å². The third-order valence-corrected chi connectivity index (χ3v) is 9.78. The fraction of sp³-hybridized carbons (Fsp3) is 0.400. The first-order valence-electron chi connectivity index (χ1n) is 15.5. The maximum atomic E-state index is 13.4. The number of carbonyl (C=O) groups excluding carboxylic acids is 1. The maximum Gasteiger partial charge on any atom is 0.291 e. The van der Waals surface area contributed by atoms with Crippen LogP contribution in [0.25, 0.3) is 22.4 Å². The Bertz CT molecular complexity index is 1750. The van der Waals surface area contributed by atoms with Crippen LogP contribution in [0.4, 0.5) is 5.69 Å². The van der Waals surface area contributed by atoms with Crippen LogP contribution in [-0.4, -0.2) is 77.1 Å². The summed E-state index contributed by atoms with van der Waals surface area (Å²) in [6, 6.07) is 16.7. The minimum Gasteiger partial charge on any atom is -0.481 e. The van der Waals surface area contributed by atoms with Gasteiger partial charge in [0, 0.05) is 87.2 Å². The lowest BCUT2D eigenvalue weighted by atomic mass is 9.74. The molecule has 0 bridgehead atoms. The highest BCUT2D eigenvalue weighted by Crippen LogP contribution is 2.38. The molecule has 5 heterocycles. The minimum atomic E-state index is -0.190. The molecule has 4 aromatic rings. The zero-order valence-corrected chi connectivity index (χ0v) is 26.3. The topological polar surface area (TPSA) is 87.5 Å². The molecule has 9 heteroatoms. The number of pyridine rings is 1. The first kappa shape index (κ1) is 28.7. The van der Waals surface area contributed by atoms with Crippen molar-refractivity contribution in [3.63, 3.8) is 0 Å². The van der Waals surface area contributed by atoms with E-state index in [-0.39, 0.29) is 5.91 Å². The van der Waals surface area contributed by atoms with Gasteiger partial charge in [-0.3, -0.25) is 9.69 Å². The fourth-order valence-electron chi connectivity index (χ4n) is 7.18. The molecule has 228 valence electrons. The molecule has 1 amide bonds. The van der Waals surface area contributed by atoms with E-state index in [1.54, 1.807) is 7.11 Å². The van der Waals surface area contributed by atoms with E-state index >= 15 is 0 Å². The van der Waals surface area contributed by atoms with Crippen molar-refractivity contribution in [2.24, 2.45) is 12.5 Å². The molecule has 0 unspecified atom stereocenters. The van der Waals surface area contributed by atoms with E-state index < -0.39 is 0 Å². The van der Waals surface area contributed by atoms with Gasteiger partial charge in [-0.1, -0.05) is 36.4 Å². The van der Waals surface area contributed by atoms with Crippen LogP contribution >= 0.6 is 0 Å². The standard InChI is InChI=1S/C35H41N7O2/c1-22-25(8-6-10-27(22)29-13-12-24(34(39-29)44-5)16-42-20-35(21-42)18-36-19-35)26-9-7-11-28(23(26)2)38-33(43)32-37-30-17-40(3)15-14-31(30)41(32)4/h6-13,36H,14-21H2,1-5H3,(H,38,43). The number of hydrogen-bond donors (Lipinski definition) is 2. The normalized spacial score (nSPS) is 17.6. The van der Waals surface area contributed by atoms with E-state index in [4.69, 9.17) is 14.7 Å². The molecule has 2 aromatic carbocycles. The van der Waals surface area contributed by atoms with Crippen LogP contribution in [0.5, 0.6) is 5.88 Å². The number of aromatic nitrogens is 3. The lowest BCUT2D eigenvalue weighted by Gasteiger charge is -2.56. The summed E-state index contributed by atoms with van der Waals surface area (Å²) < 4.78 is 7.72. The summed E-state index contributed by atoms with van der Waals surface area (Å²) in [7, 11) is 5.72. The molecule has 0 saturated carbocycles. The molecule has 2 aromatic heterocycles. The molecule has 7 rings (SSSR count). The van der Waals surface area contributed by atoms with E-state index in [1.165, 1.54) is 0 Å². The van der Waals surface area contributed by atoms with Crippen LogP contribution in [0.3, 0.4) is 0 Å². The molecule has 3 aliphatic heterocycles. The number of amides is 1. The third kappa shape index (κ3) is 4.99. The number of benzene rings is 2. The van der Waals surface area contributed by atoms with Crippen molar-refractivity contribution in [2.75, 3.05) is 52.2 Å². The van der Waals surface area contributed by atoms with Crippen molar-refractivity contribution in [3.05, 3.63) is 82.4 Å². The predicted molar refractivity (Wildman–Crippen MR) is 173 cm³/mol. The third-order valence-electron chi connectivity index (χ3n) is 9.78. The van der Waals surface area contributed by atoms with Gasteiger partial charge in [-0.05, 0) is 55.3 Å². The van der Waals surface area contributed by atoms with Crippen molar-refractivity contribution in [3.8, 4) is 28.3 Å². The van der Waals surface area contributed by atoms with E-state index in [9.17, 15) is 4.79 Å². The molecule has 1 spiro atoms. The van der Waals surface area contributed by atoms with E-state index in [1.807, 2.05) is 23.7 Å². The van der Waals surface area contributed by atoms with E-state index in [0.717, 1.165) is 108 Å². The summed E-state index contributed by atoms with van der Waals surface area (Å²) in [5.74, 6) is 0.943. The molecule has 0 radical (unpaired) electrons. The summed E-state index contributed by atoms with van der Waals surface area (Å²) in [6.07, 6.45) is 0.896. The largest absolute Gasteiger partial charge is 0.481 e. The van der Waals surface area contributed by atoms with Gasteiger partial charge >= 0.3 is 0 Å². The average molecular weight is 592 g/mol. The molecular weight excluding hydrogens is 550 g/mol. The molecule has 0 atom stereocenters. The molecule has 3 aliphatic rings. The number of nitrogens with one attached hydrogen (secondary N) is 2. The summed E-state index contributed by atoms with van der Waals surface area (Å²) >= 11 is 0. The van der Waals surface area contributed by atoms with Crippen molar-refractivity contribution < 1.29 is 9.53 Å². The highest BCUT2D eigenvalue weighted by molar-refractivity contribution is 6.03. The SMILES string of the molecule is COc1nc(-c2cccc(-c3cccc(NC(=O)c4nc5c(n4C)CCN(C)C5)c3C)c2C)ccc1CN1CC2(CNC2)C1. The predicted octanol–water partition coefficient (Wildman–Crippen LogP) is 4.42. The van der Waals surface area contributed by atoms with Gasteiger partial charge in [-0.2, -0.15) is 0 Å². The molecule has 9 nitrogen and oxygen atoms in total. The van der Waals surface area contributed by atoms with Crippen molar-refractivity contribution in [2.45, 2.75) is 33.4 Å². The second-order valence-electron chi connectivity index (χ2n) is 12.9. The Morgan fingerprint density at radius 1 is 0.977 bits per heavy atom. The lowest BCUT2D eigenvalue weighted by Crippen LogP contribution is -2.70. The maximum absolute atomic E-state index is 13.4. The molecule has 44 heavy (non-hydrogen) atoms. The second kappa shape index (κ2) is 11.1. The monoisotopic (exact) mass is 591 g/mol. The zero-order valence-electron chi connectivity index (χ0n) is 26.3. The van der Waals surface area contributed by atoms with Gasteiger partial charge in [0.1, 0.15) is 0 Å². The number of anilines is 1. The molecule has 0 aliphatic carbocycles. The Morgan fingerprint density at radius 3 is 2.43 bits per heavy atom. The number of rotatable bonds is 7. The Morgan fingerprint density at radius 2 is 1.70 bits per heavy atom. The van der Waals surface area contributed by atoms with Crippen LogP contribution in [0, 0.1) is 19.3 Å². The van der Waals surface area contributed by atoms with Crippen LogP contribution in [-0.2, 0) is 26.6 Å². The summed E-state index contributed by atoms with van der Waals surface area (Å²) in [5.41, 5.74) is 10.8. The number of ether oxygens (including phenoxy) is 1. The number of imidazole rings is 1. The molecule has 2 N–H and O–H groups in total. The van der Waals surface area contributed by atoms with Gasteiger partial charge in [0.25, 0.3) is 5.91 Å². The highest BCUT2D eigenvalue weighted by Gasteiger charge is 2.47. The van der Waals surface area contributed by atoms with Gasteiger partial charge in [-0.25, -0.2) is 9.97 Å². The zero-order chi connectivity index (χ0) is 30.6. The van der Waals surface area contributed by atoms with Gasteiger partial charge in [0.15, 0.2) is 5.82 Å². The van der Waals surface area contributed by atoms with Crippen LogP contribution in [0.2, 0.25) is 0 Å². The van der Waals surface area contributed by atoms with Crippen LogP contribution < -0.4 is 15.4 Å². The summed E-state index contributed by atoms with van der Waals surface area (Å²) in [5, 5.41) is 6.55.